The van der Waals surface area contributed by atoms with Crippen LogP contribution in [0.5, 0.6) is 5.75 Å². The van der Waals surface area contributed by atoms with Crippen molar-refractivity contribution in [1.29, 1.82) is 0 Å². The van der Waals surface area contributed by atoms with Crippen molar-refractivity contribution in [3.8, 4) is 16.9 Å². The predicted molar refractivity (Wildman–Crippen MR) is 148 cm³/mol. The van der Waals surface area contributed by atoms with Crippen molar-refractivity contribution in [2.45, 2.75) is 19.9 Å². The number of nitrogens with zero attached hydrogens (tertiary/aromatic N) is 3. The van der Waals surface area contributed by atoms with Gasteiger partial charge >= 0.3 is 0 Å². The van der Waals surface area contributed by atoms with E-state index in [0.29, 0.717) is 50.6 Å². The Kier molecular flexibility index (Phi) is 8.55. The van der Waals surface area contributed by atoms with Crippen molar-refractivity contribution in [2.75, 3.05) is 38.2 Å². The van der Waals surface area contributed by atoms with E-state index in [0.717, 1.165) is 33.6 Å². The summed E-state index contributed by atoms with van der Waals surface area (Å²) in [5.74, 6) is 0.285. The maximum Gasteiger partial charge on any atom is 0.238 e. The predicted octanol–water partition coefficient (Wildman–Crippen LogP) is 5.03. The molecule has 0 atom stereocenters. The highest BCUT2D eigenvalue weighted by molar-refractivity contribution is 5.93. The van der Waals surface area contributed by atoms with Gasteiger partial charge in [-0.1, -0.05) is 36.4 Å². The number of rotatable bonds is 4. The van der Waals surface area contributed by atoms with Crippen molar-refractivity contribution >= 4 is 11.6 Å². The van der Waals surface area contributed by atoms with Crippen LogP contribution in [0.25, 0.3) is 11.1 Å². The first kappa shape index (κ1) is 26.5. The zero-order valence-electron chi connectivity index (χ0n) is 21.9. The number of hydrogen-bond donors (Lipinski definition) is 1. The molecule has 200 valence electrons. The van der Waals surface area contributed by atoms with E-state index in [1.165, 1.54) is 12.4 Å². The molecule has 2 heterocycles. The Hall–Kier alpha value is -4.14. The quantitative estimate of drug-likeness (QED) is 0.402. The smallest absolute Gasteiger partial charge is 0.238 e. The van der Waals surface area contributed by atoms with Gasteiger partial charge in [-0.15, -0.1) is 0 Å². The van der Waals surface area contributed by atoms with Crippen LogP contribution < -0.4 is 10.1 Å². The standard InChI is InChI=1S/C31H31FN4O3/c1-22-28(32)6-3-7-29(22)35-31(37)20-36-10-11-38-12-13-39-30-9-8-25(27-17-33-21-34-18-27)16-26(30)15-23-4-2-5-24(14-23)19-36/h2-9,14,16-18,21H,10-13,15,19-20H2,1H3,(H,35,37). The molecule has 0 spiro atoms. The van der Waals surface area contributed by atoms with E-state index < -0.39 is 0 Å². The van der Waals surface area contributed by atoms with Crippen molar-refractivity contribution in [2.24, 2.45) is 0 Å². The van der Waals surface area contributed by atoms with Crippen LogP contribution in [0.1, 0.15) is 22.3 Å². The molecule has 0 saturated heterocycles. The Morgan fingerprint density at radius 2 is 1.79 bits per heavy atom. The highest BCUT2D eigenvalue weighted by Crippen LogP contribution is 2.29. The Balaban J connectivity index is 1.35. The number of fused-ring (bicyclic) bond motifs is 3. The van der Waals surface area contributed by atoms with Crippen LogP contribution in [0.4, 0.5) is 10.1 Å². The van der Waals surface area contributed by atoms with Gasteiger partial charge in [0, 0.05) is 48.7 Å². The summed E-state index contributed by atoms with van der Waals surface area (Å²) in [6.07, 6.45) is 5.80. The van der Waals surface area contributed by atoms with Crippen LogP contribution in [-0.4, -0.2) is 53.7 Å². The number of hydrogen-bond acceptors (Lipinski definition) is 6. The molecule has 0 saturated carbocycles. The second-order valence-electron chi connectivity index (χ2n) is 9.58. The monoisotopic (exact) mass is 526 g/mol. The maximum absolute atomic E-state index is 13.9. The number of benzene rings is 3. The molecule has 39 heavy (non-hydrogen) atoms. The summed E-state index contributed by atoms with van der Waals surface area (Å²) >= 11 is 0. The van der Waals surface area contributed by atoms with Crippen LogP contribution in [0.3, 0.4) is 0 Å². The van der Waals surface area contributed by atoms with Crippen LogP contribution in [0.2, 0.25) is 0 Å². The maximum atomic E-state index is 13.9. The Bertz CT molecular complexity index is 1430. The minimum absolute atomic E-state index is 0.158. The largest absolute Gasteiger partial charge is 0.491 e. The van der Waals surface area contributed by atoms with Gasteiger partial charge in [0.15, 0.2) is 0 Å². The van der Waals surface area contributed by atoms with Gasteiger partial charge in [0.05, 0.1) is 19.8 Å². The highest BCUT2D eigenvalue weighted by atomic mass is 19.1. The van der Waals surface area contributed by atoms with E-state index in [9.17, 15) is 9.18 Å². The SMILES string of the molecule is Cc1c(F)cccc1NC(=O)CN1CCOCCOc2ccc(-c3cncnc3)cc2Cc2cccc(c2)C1. The number of aromatic nitrogens is 2. The fourth-order valence-corrected chi connectivity index (χ4v) is 4.66. The molecule has 8 heteroatoms. The molecule has 1 N–H and O–H groups in total. The fraction of sp³-hybridized carbons (Fsp3) is 0.258. The molecule has 1 amide bonds. The van der Waals surface area contributed by atoms with Crippen molar-refractivity contribution in [1.82, 2.24) is 14.9 Å². The van der Waals surface area contributed by atoms with Gasteiger partial charge in [-0.2, -0.15) is 0 Å². The highest BCUT2D eigenvalue weighted by Gasteiger charge is 2.15. The topological polar surface area (TPSA) is 76.6 Å². The molecule has 0 fully saturated rings. The third-order valence-corrected chi connectivity index (χ3v) is 6.69. The number of anilines is 1. The van der Waals surface area contributed by atoms with Crippen LogP contribution in [0.15, 0.2) is 79.4 Å². The second kappa shape index (κ2) is 12.6. The van der Waals surface area contributed by atoms with Gasteiger partial charge < -0.3 is 14.8 Å². The summed E-state index contributed by atoms with van der Waals surface area (Å²) in [6, 6.07) is 19.2. The Morgan fingerprint density at radius 3 is 2.67 bits per heavy atom. The molecule has 1 aliphatic heterocycles. The number of amides is 1. The minimum Gasteiger partial charge on any atom is -0.491 e. The van der Waals surface area contributed by atoms with Gasteiger partial charge in [0.25, 0.3) is 0 Å². The lowest BCUT2D eigenvalue weighted by molar-refractivity contribution is -0.117. The lowest BCUT2D eigenvalue weighted by atomic mass is 9.98. The second-order valence-corrected chi connectivity index (χ2v) is 9.58. The lowest BCUT2D eigenvalue weighted by Gasteiger charge is -2.23. The summed E-state index contributed by atoms with van der Waals surface area (Å²) in [4.78, 5) is 23.2. The first-order chi connectivity index (χ1) is 19.0. The van der Waals surface area contributed by atoms with E-state index >= 15 is 0 Å². The number of carbonyl (C=O) groups is 1. The first-order valence-corrected chi connectivity index (χ1v) is 13.0. The summed E-state index contributed by atoms with van der Waals surface area (Å²) in [6.45, 7) is 4.27. The Morgan fingerprint density at radius 1 is 0.974 bits per heavy atom. The van der Waals surface area contributed by atoms with Crippen LogP contribution in [0, 0.1) is 12.7 Å². The van der Waals surface area contributed by atoms with Crippen molar-refractivity contribution in [3.05, 3.63) is 107 Å². The molecular formula is C31H31FN4O3. The van der Waals surface area contributed by atoms with Gasteiger partial charge in [-0.25, -0.2) is 14.4 Å². The molecule has 1 aromatic heterocycles. The van der Waals surface area contributed by atoms with Gasteiger partial charge in [0.2, 0.25) is 5.91 Å². The van der Waals surface area contributed by atoms with Crippen LogP contribution in [-0.2, 0) is 22.5 Å². The Labute approximate surface area is 227 Å². The number of carbonyl (C=O) groups excluding carboxylic acids is 1. The molecule has 0 unspecified atom stereocenters. The molecule has 0 radical (unpaired) electrons. The van der Waals surface area contributed by atoms with E-state index in [4.69, 9.17) is 9.47 Å². The first-order valence-electron chi connectivity index (χ1n) is 13.0. The third kappa shape index (κ3) is 7.04. The zero-order valence-corrected chi connectivity index (χ0v) is 21.9. The number of ether oxygens (including phenoxy) is 2. The van der Waals surface area contributed by atoms with Gasteiger partial charge in [0.1, 0.15) is 24.5 Å². The van der Waals surface area contributed by atoms with E-state index in [2.05, 4.69) is 39.6 Å². The van der Waals surface area contributed by atoms with Gasteiger partial charge in [-0.3, -0.25) is 9.69 Å². The average Bonchev–Trinajstić information content (AvgIpc) is 2.94. The number of halogens is 1. The van der Waals surface area contributed by atoms with E-state index in [-0.39, 0.29) is 18.3 Å². The normalized spacial score (nSPS) is 14.5. The lowest BCUT2D eigenvalue weighted by Crippen LogP contribution is -2.35. The summed E-state index contributed by atoms with van der Waals surface area (Å²) in [5, 5.41) is 2.85. The minimum atomic E-state index is -0.343. The van der Waals surface area contributed by atoms with Crippen molar-refractivity contribution in [3.63, 3.8) is 0 Å². The molecule has 2 bridgehead atoms. The summed E-state index contributed by atoms with van der Waals surface area (Å²) in [7, 11) is 0. The van der Waals surface area contributed by atoms with Crippen molar-refractivity contribution < 1.29 is 18.7 Å². The molecule has 1 aliphatic rings. The third-order valence-electron chi connectivity index (χ3n) is 6.69. The van der Waals surface area contributed by atoms with E-state index in [1.54, 1.807) is 31.5 Å². The van der Waals surface area contributed by atoms with Gasteiger partial charge in [-0.05, 0) is 53.4 Å². The van der Waals surface area contributed by atoms with E-state index in [1.807, 2.05) is 23.1 Å². The summed E-state index contributed by atoms with van der Waals surface area (Å²) in [5.41, 5.74) is 6.17. The summed E-state index contributed by atoms with van der Waals surface area (Å²) < 4.78 is 25.9. The fourth-order valence-electron chi connectivity index (χ4n) is 4.66. The molecule has 0 aliphatic carbocycles. The molecule has 3 aromatic carbocycles. The molecule has 5 rings (SSSR count). The zero-order chi connectivity index (χ0) is 27.0. The van der Waals surface area contributed by atoms with Crippen LogP contribution >= 0.6 is 0 Å². The molecular weight excluding hydrogens is 495 g/mol. The average molecular weight is 527 g/mol. The molecule has 4 aromatic rings. The number of nitrogens with one attached hydrogen (secondary N) is 1. The molecule has 7 nitrogen and oxygen atoms in total.